The molecule has 1 aliphatic rings. The van der Waals surface area contributed by atoms with Crippen LogP contribution < -0.4 is 10.7 Å². The summed E-state index contributed by atoms with van der Waals surface area (Å²) in [4.78, 5) is 16.9. The number of amides is 1. The first-order valence-electron chi connectivity index (χ1n) is 8.56. The molecular formula is C18H19N5OS3. The Labute approximate surface area is 170 Å². The zero-order valence-corrected chi connectivity index (χ0v) is 17.2. The molecule has 1 unspecified atom stereocenters. The second kappa shape index (κ2) is 7.95. The van der Waals surface area contributed by atoms with Gasteiger partial charge in [0.25, 0.3) is 0 Å². The molecule has 0 fully saturated rings. The Kier molecular flexibility index (Phi) is 5.42. The molecule has 1 aliphatic heterocycles. The molecule has 3 aromatic rings. The number of nitrogen functional groups attached to an aromatic ring is 1. The van der Waals surface area contributed by atoms with Crippen molar-refractivity contribution in [2.24, 2.45) is 0 Å². The topological polar surface area (TPSA) is 77.0 Å². The number of anilines is 1. The Balaban J connectivity index is 1.49. The van der Waals surface area contributed by atoms with Gasteiger partial charge in [0.15, 0.2) is 5.82 Å². The number of hydrogen-bond acceptors (Lipinski definition) is 7. The summed E-state index contributed by atoms with van der Waals surface area (Å²) < 4.78 is 1.46. The van der Waals surface area contributed by atoms with Crippen LogP contribution >= 0.6 is 34.9 Å². The summed E-state index contributed by atoms with van der Waals surface area (Å²) in [6.45, 7) is 2.92. The summed E-state index contributed by atoms with van der Waals surface area (Å²) >= 11 is 4.70. The van der Waals surface area contributed by atoms with Crippen molar-refractivity contribution >= 4 is 46.5 Å². The van der Waals surface area contributed by atoms with Crippen LogP contribution in [0.2, 0.25) is 0 Å². The van der Waals surface area contributed by atoms with Crippen LogP contribution in [0.25, 0.3) is 10.7 Å². The average Bonchev–Trinajstić information content (AvgIpc) is 3.27. The molecule has 1 aromatic carbocycles. The summed E-state index contributed by atoms with van der Waals surface area (Å²) in [7, 11) is 0. The van der Waals surface area contributed by atoms with E-state index < -0.39 is 0 Å². The van der Waals surface area contributed by atoms with Crippen molar-refractivity contribution < 1.29 is 4.79 Å². The molecule has 4 rings (SSSR count). The second-order valence-electron chi connectivity index (χ2n) is 6.17. The lowest BCUT2D eigenvalue weighted by atomic mass is 10.2. The number of thioether (sulfide) groups is 2. The van der Waals surface area contributed by atoms with Gasteiger partial charge in [-0.2, -0.15) is 0 Å². The summed E-state index contributed by atoms with van der Waals surface area (Å²) in [5.74, 6) is 7.07. The van der Waals surface area contributed by atoms with Crippen molar-refractivity contribution in [3.8, 4) is 10.7 Å². The van der Waals surface area contributed by atoms with Crippen LogP contribution in [0.1, 0.15) is 13.3 Å². The van der Waals surface area contributed by atoms with Gasteiger partial charge in [-0.15, -0.1) is 33.3 Å². The Morgan fingerprint density at radius 3 is 2.96 bits per heavy atom. The minimum atomic E-state index is 0.0582. The van der Waals surface area contributed by atoms with Crippen LogP contribution in [0.4, 0.5) is 5.69 Å². The van der Waals surface area contributed by atoms with Crippen LogP contribution in [0, 0.1) is 0 Å². The highest BCUT2D eigenvalue weighted by Gasteiger charge is 2.24. The Morgan fingerprint density at radius 2 is 2.15 bits per heavy atom. The van der Waals surface area contributed by atoms with E-state index in [1.54, 1.807) is 11.3 Å². The maximum absolute atomic E-state index is 12.9. The molecule has 0 aliphatic carbocycles. The van der Waals surface area contributed by atoms with E-state index >= 15 is 0 Å². The van der Waals surface area contributed by atoms with Gasteiger partial charge in [-0.1, -0.05) is 36.9 Å². The summed E-state index contributed by atoms with van der Waals surface area (Å²) in [5, 5.41) is 11.3. The van der Waals surface area contributed by atoms with Gasteiger partial charge < -0.3 is 10.7 Å². The fourth-order valence-corrected chi connectivity index (χ4v) is 5.45. The van der Waals surface area contributed by atoms with E-state index in [1.165, 1.54) is 16.4 Å². The van der Waals surface area contributed by atoms with Crippen molar-refractivity contribution in [2.75, 3.05) is 23.0 Å². The van der Waals surface area contributed by atoms with Gasteiger partial charge in [0.1, 0.15) is 0 Å². The first-order valence-corrected chi connectivity index (χ1v) is 11.3. The molecule has 140 valence electrons. The molecule has 2 aromatic heterocycles. The lowest BCUT2D eigenvalue weighted by molar-refractivity contribution is -0.116. The lowest BCUT2D eigenvalue weighted by Gasteiger charge is -2.22. The first kappa shape index (κ1) is 18.4. The SMILES string of the molecule is CC1CCN(C(=O)CSc2nnc(-c3cccs3)n2N)c2ccccc2S1. The number of nitrogens with zero attached hydrogens (tertiary/aromatic N) is 4. The summed E-state index contributed by atoms with van der Waals surface area (Å²) in [6, 6.07) is 12.0. The number of nitrogens with two attached hydrogens (primary N) is 1. The lowest BCUT2D eigenvalue weighted by Crippen LogP contribution is -2.33. The number of para-hydroxylation sites is 1. The number of benzene rings is 1. The number of thiophene rings is 1. The quantitative estimate of drug-likeness (QED) is 0.515. The summed E-state index contributed by atoms with van der Waals surface area (Å²) in [5.41, 5.74) is 0.992. The zero-order chi connectivity index (χ0) is 18.8. The minimum Gasteiger partial charge on any atom is -0.335 e. The molecule has 9 heteroatoms. The number of carbonyl (C=O) groups is 1. The fraction of sp³-hybridized carbons (Fsp3) is 0.278. The van der Waals surface area contributed by atoms with Crippen molar-refractivity contribution in [3.63, 3.8) is 0 Å². The van der Waals surface area contributed by atoms with Crippen molar-refractivity contribution in [2.45, 2.75) is 28.6 Å². The van der Waals surface area contributed by atoms with E-state index in [1.807, 2.05) is 52.4 Å². The molecule has 0 saturated heterocycles. The molecule has 0 bridgehead atoms. The highest BCUT2D eigenvalue weighted by molar-refractivity contribution is 8.00. The zero-order valence-electron chi connectivity index (χ0n) is 14.7. The van der Waals surface area contributed by atoms with Gasteiger partial charge >= 0.3 is 0 Å². The maximum Gasteiger partial charge on any atom is 0.237 e. The van der Waals surface area contributed by atoms with Crippen LogP contribution in [-0.2, 0) is 4.79 Å². The highest BCUT2D eigenvalue weighted by Crippen LogP contribution is 2.37. The second-order valence-corrected chi connectivity index (χ2v) is 9.54. The largest absolute Gasteiger partial charge is 0.335 e. The molecule has 27 heavy (non-hydrogen) atoms. The average molecular weight is 418 g/mol. The van der Waals surface area contributed by atoms with Crippen LogP contribution in [0.5, 0.6) is 0 Å². The Hall–Kier alpha value is -1.97. The summed E-state index contributed by atoms with van der Waals surface area (Å²) in [6.07, 6.45) is 0.964. The normalized spacial score (nSPS) is 16.8. The van der Waals surface area contributed by atoms with Crippen LogP contribution in [-0.4, -0.2) is 38.3 Å². The van der Waals surface area contributed by atoms with E-state index in [4.69, 9.17) is 5.84 Å². The Morgan fingerprint density at radius 1 is 1.30 bits per heavy atom. The van der Waals surface area contributed by atoms with Crippen LogP contribution in [0.3, 0.4) is 0 Å². The van der Waals surface area contributed by atoms with Gasteiger partial charge in [0, 0.05) is 16.7 Å². The predicted octanol–water partition coefficient (Wildman–Crippen LogP) is 3.73. The third kappa shape index (κ3) is 3.85. The molecule has 0 saturated carbocycles. The highest BCUT2D eigenvalue weighted by atomic mass is 32.2. The number of fused-ring (bicyclic) bond motifs is 1. The predicted molar refractivity (Wildman–Crippen MR) is 113 cm³/mol. The molecule has 0 radical (unpaired) electrons. The molecule has 1 amide bonds. The third-order valence-corrected chi connectivity index (χ3v) is 7.31. The molecule has 1 atom stereocenters. The van der Waals surface area contributed by atoms with E-state index in [0.29, 0.717) is 16.2 Å². The van der Waals surface area contributed by atoms with Crippen molar-refractivity contribution in [1.29, 1.82) is 0 Å². The van der Waals surface area contributed by atoms with Crippen LogP contribution in [0.15, 0.2) is 51.8 Å². The first-order chi connectivity index (χ1) is 13.1. The number of aromatic nitrogens is 3. The fourth-order valence-electron chi connectivity index (χ4n) is 2.90. The minimum absolute atomic E-state index is 0.0582. The molecule has 0 spiro atoms. The number of hydrogen-bond donors (Lipinski definition) is 1. The van der Waals surface area contributed by atoms with Crippen molar-refractivity contribution in [3.05, 3.63) is 41.8 Å². The van der Waals surface area contributed by atoms with Gasteiger partial charge in [-0.3, -0.25) is 4.79 Å². The third-order valence-electron chi connectivity index (χ3n) is 4.28. The number of carbonyl (C=O) groups excluding carboxylic acids is 1. The standard InChI is InChI=1S/C18H19N5OS3/c1-12-8-9-22(13-5-2-3-6-14(13)27-12)16(24)11-26-18-21-20-17(23(18)19)15-7-4-10-25-15/h2-7,10,12H,8-9,11,19H2,1H3. The van der Waals surface area contributed by atoms with Gasteiger partial charge in [-0.05, 0) is 30.0 Å². The van der Waals surface area contributed by atoms with E-state index in [0.717, 1.165) is 28.4 Å². The molecule has 2 N–H and O–H groups in total. The number of rotatable bonds is 4. The molecular weight excluding hydrogens is 398 g/mol. The van der Waals surface area contributed by atoms with Gasteiger partial charge in [0.2, 0.25) is 11.1 Å². The smallest absolute Gasteiger partial charge is 0.237 e. The van der Waals surface area contributed by atoms with E-state index in [9.17, 15) is 4.79 Å². The van der Waals surface area contributed by atoms with Gasteiger partial charge in [0.05, 0.1) is 16.3 Å². The van der Waals surface area contributed by atoms with E-state index in [-0.39, 0.29) is 11.7 Å². The molecule has 6 nitrogen and oxygen atoms in total. The maximum atomic E-state index is 12.9. The van der Waals surface area contributed by atoms with E-state index in [2.05, 4.69) is 23.2 Å². The monoisotopic (exact) mass is 417 g/mol. The van der Waals surface area contributed by atoms with Gasteiger partial charge in [-0.25, -0.2) is 4.68 Å². The Bertz CT molecular complexity index is 940. The molecule has 3 heterocycles. The van der Waals surface area contributed by atoms with Crippen molar-refractivity contribution in [1.82, 2.24) is 14.9 Å².